The Morgan fingerprint density at radius 1 is 1.32 bits per heavy atom. The average Bonchev–Trinajstić information content (AvgIpc) is 3.16. The molecular weight excluding hydrogens is 491 g/mol. The standard InChI is InChI=1S/C15H26N4O2S3.HI/c1-12-5-6-13(23-12)24(20,21)19-9-8-17-14(16-3)18-11-15(2)7-4-10-22-15;/h5-6,19H,4,7-11H2,1-3H3,(H2,16,17,18);1H. The number of halogens is 1. The van der Waals surface area contributed by atoms with Gasteiger partial charge in [-0.2, -0.15) is 11.8 Å². The minimum Gasteiger partial charge on any atom is -0.355 e. The molecule has 144 valence electrons. The van der Waals surface area contributed by atoms with Crippen LogP contribution in [-0.4, -0.2) is 51.6 Å². The van der Waals surface area contributed by atoms with Gasteiger partial charge in [0.25, 0.3) is 0 Å². The molecule has 0 aliphatic carbocycles. The summed E-state index contributed by atoms with van der Waals surface area (Å²) in [5.74, 6) is 1.92. The van der Waals surface area contributed by atoms with E-state index in [1.54, 1.807) is 13.1 Å². The smallest absolute Gasteiger partial charge is 0.250 e. The lowest BCUT2D eigenvalue weighted by molar-refractivity contribution is 0.578. The van der Waals surface area contributed by atoms with Crippen molar-refractivity contribution in [2.45, 2.75) is 35.6 Å². The SMILES string of the molecule is CN=C(NCCNS(=O)(=O)c1ccc(C)s1)NCC1(C)CCCS1.I. The van der Waals surface area contributed by atoms with Crippen LogP contribution in [0.1, 0.15) is 24.6 Å². The van der Waals surface area contributed by atoms with Crippen molar-refractivity contribution in [1.29, 1.82) is 0 Å². The number of hydrogen-bond acceptors (Lipinski definition) is 5. The van der Waals surface area contributed by atoms with Gasteiger partial charge in [-0.25, -0.2) is 13.1 Å². The number of hydrogen-bond donors (Lipinski definition) is 3. The molecule has 1 aromatic rings. The van der Waals surface area contributed by atoms with E-state index in [0.29, 0.717) is 23.3 Å². The molecule has 2 rings (SSSR count). The van der Waals surface area contributed by atoms with E-state index in [1.807, 2.05) is 24.8 Å². The number of rotatable bonds is 7. The molecule has 1 saturated heterocycles. The van der Waals surface area contributed by atoms with E-state index in [4.69, 9.17) is 0 Å². The molecule has 0 saturated carbocycles. The molecule has 1 fully saturated rings. The van der Waals surface area contributed by atoms with Crippen molar-refractivity contribution in [3.05, 3.63) is 17.0 Å². The lowest BCUT2D eigenvalue weighted by atomic mass is 10.1. The van der Waals surface area contributed by atoms with Crippen LogP contribution >= 0.6 is 47.1 Å². The fourth-order valence-corrected chi connectivity index (χ4v) is 6.07. The van der Waals surface area contributed by atoms with Crippen molar-refractivity contribution in [2.24, 2.45) is 4.99 Å². The molecule has 1 unspecified atom stereocenters. The molecule has 0 radical (unpaired) electrons. The van der Waals surface area contributed by atoms with Gasteiger partial charge in [0.15, 0.2) is 5.96 Å². The first-order chi connectivity index (χ1) is 11.3. The van der Waals surface area contributed by atoms with Gasteiger partial charge in [0.1, 0.15) is 4.21 Å². The zero-order chi connectivity index (χ0) is 17.6. The second-order valence-electron chi connectivity index (χ2n) is 6.02. The first-order valence-electron chi connectivity index (χ1n) is 7.99. The van der Waals surface area contributed by atoms with Crippen LogP contribution < -0.4 is 15.4 Å². The highest BCUT2D eigenvalue weighted by molar-refractivity contribution is 14.0. The predicted octanol–water partition coefficient (Wildman–Crippen LogP) is 2.40. The Bertz CT molecular complexity index is 670. The second kappa shape index (κ2) is 10.3. The normalized spacial score (nSPS) is 21.0. The van der Waals surface area contributed by atoms with Crippen molar-refractivity contribution < 1.29 is 8.42 Å². The van der Waals surface area contributed by atoms with E-state index in [0.717, 1.165) is 11.4 Å². The highest BCUT2D eigenvalue weighted by atomic mass is 127. The van der Waals surface area contributed by atoms with Crippen LogP contribution in [0.25, 0.3) is 0 Å². The maximum atomic E-state index is 12.1. The van der Waals surface area contributed by atoms with Crippen LogP contribution in [0.5, 0.6) is 0 Å². The summed E-state index contributed by atoms with van der Waals surface area (Å²) in [5, 5.41) is 6.47. The van der Waals surface area contributed by atoms with Crippen molar-refractivity contribution in [3.63, 3.8) is 0 Å². The number of guanidine groups is 1. The predicted molar refractivity (Wildman–Crippen MR) is 119 cm³/mol. The fourth-order valence-electron chi connectivity index (χ4n) is 2.46. The van der Waals surface area contributed by atoms with Gasteiger partial charge in [-0.1, -0.05) is 0 Å². The number of aryl methyl sites for hydroxylation is 1. The molecule has 1 atom stereocenters. The van der Waals surface area contributed by atoms with Crippen LogP contribution in [0.4, 0.5) is 0 Å². The Hall–Kier alpha value is -0.0400. The summed E-state index contributed by atoms with van der Waals surface area (Å²) in [6, 6.07) is 3.45. The third-order valence-electron chi connectivity index (χ3n) is 3.84. The summed E-state index contributed by atoms with van der Waals surface area (Å²) in [6.07, 6.45) is 2.47. The van der Waals surface area contributed by atoms with Crippen LogP contribution in [0, 0.1) is 6.92 Å². The number of aliphatic imine (C=N–C) groups is 1. The molecule has 0 spiro atoms. The molecule has 0 aromatic carbocycles. The first-order valence-corrected chi connectivity index (χ1v) is 11.3. The van der Waals surface area contributed by atoms with Gasteiger partial charge in [-0.3, -0.25) is 4.99 Å². The number of nitrogens with one attached hydrogen (secondary N) is 3. The van der Waals surface area contributed by atoms with Crippen molar-refractivity contribution in [3.8, 4) is 0 Å². The van der Waals surface area contributed by atoms with Crippen LogP contribution in [0.15, 0.2) is 21.3 Å². The minimum atomic E-state index is -3.41. The Balaban J connectivity index is 0.00000312. The van der Waals surface area contributed by atoms with Gasteiger partial charge in [0.2, 0.25) is 10.0 Å². The maximum absolute atomic E-state index is 12.1. The zero-order valence-electron chi connectivity index (χ0n) is 14.8. The number of thiophene rings is 1. The number of thioether (sulfide) groups is 1. The summed E-state index contributed by atoms with van der Waals surface area (Å²) < 4.78 is 27.5. The Labute approximate surface area is 176 Å². The molecule has 25 heavy (non-hydrogen) atoms. The van der Waals surface area contributed by atoms with Crippen LogP contribution in [0.2, 0.25) is 0 Å². The van der Waals surface area contributed by atoms with E-state index in [1.165, 1.54) is 29.9 Å². The van der Waals surface area contributed by atoms with Gasteiger partial charge >= 0.3 is 0 Å². The monoisotopic (exact) mass is 518 g/mol. The first kappa shape index (κ1) is 23.0. The van der Waals surface area contributed by atoms with E-state index >= 15 is 0 Å². The fraction of sp³-hybridized carbons (Fsp3) is 0.667. The highest BCUT2D eigenvalue weighted by Crippen LogP contribution is 2.36. The molecule has 1 aliphatic rings. The van der Waals surface area contributed by atoms with Crippen LogP contribution in [0.3, 0.4) is 0 Å². The molecule has 0 bridgehead atoms. The second-order valence-corrected chi connectivity index (χ2v) is 11.0. The van der Waals surface area contributed by atoms with E-state index in [9.17, 15) is 8.42 Å². The molecule has 1 aromatic heterocycles. The molecule has 1 aliphatic heterocycles. The van der Waals surface area contributed by atoms with Gasteiger partial charge in [-0.05, 0) is 44.6 Å². The molecule has 3 N–H and O–H groups in total. The van der Waals surface area contributed by atoms with Gasteiger partial charge in [-0.15, -0.1) is 35.3 Å². The van der Waals surface area contributed by atoms with Gasteiger partial charge < -0.3 is 10.6 Å². The topological polar surface area (TPSA) is 82.6 Å². The Morgan fingerprint density at radius 2 is 2.08 bits per heavy atom. The van der Waals surface area contributed by atoms with Crippen molar-refractivity contribution in [2.75, 3.05) is 32.4 Å². The van der Waals surface area contributed by atoms with Crippen molar-refractivity contribution in [1.82, 2.24) is 15.4 Å². The summed E-state index contributed by atoms with van der Waals surface area (Å²) in [5.41, 5.74) is 0. The maximum Gasteiger partial charge on any atom is 0.250 e. The number of sulfonamides is 1. The van der Waals surface area contributed by atoms with Gasteiger partial charge in [0, 0.05) is 36.3 Å². The van der Waals surface area contributed by atoms with E-state index in [-0.39, 0.29) is 28.7 Å². The summed E-state index contributed by atoms with van der Waals surface area (Å²) in [6.45, 7) is 5.81. The zero-order valence-corrected chi connectivity index (χ0v) is 19.6. The van der Waals surface area contributed by atoms with E-state index < -0.39 is 10.0 Å². The Kier molecular flexibility index (Phi) is 9.51. The number of nitrogens with zero attached hydrogens (tertiary/aromatic N) is 1. The van der Waals surface area contributed by atoms with E-state index in [2.05, 4.69) is 27.3 Å². The average molecular weight is 519 g/mol. The van der Waals surface area contributed by atoms with Crippen molar-refractivity contribution >= 4 is 63.1 Å². The molecule has 10 heteroatoms. The van der Waals surface area contributed by atoms with Crippen LogP contribution in [-0.2, 0) is 10.0 Å². The third kappa shape index (κ3) is 7.24. The quantitative estimate of drug-likeness (QED) is 0.224. The molecular formula is C15H27IN4O2S3. The summed E-state index contributed by atoms with van der Waals surface area (Å²) in [4.78, 5) is 5.17. The lowest BCUT2D eigenvalue weighted by Gasteiger charge is -2.24. The summed E-state index contributed by atoms with van der Waals surface area (Å²) in [7, 11) is -1.69. The summed E-state index contributed by atoms with van der Waals surface area (Å²) >= 11 is 3.27. The third-order valence-corrected chi connectivity index (χ3v) is 8.34. The highest BCUT2D eigenvalue weighted by Gasteiger charge is 2.29. The molecule has 0 amide bonds. The molecule has 6 nitrogen and oxygen atoms in total. The minimum absolute atomic E-state index is 0. The molecule has 2 heterocycles. The lowest BCUT2D eigenvalue weighted by Crippen LogP contribution is -2.45. The largest absolute Gasteiger partial charge is 0.355 e. The Morgan fingerprint density at radius 3 is 2.64 bits per heavy atom. The van der Waals surface area contributed by atoms with Gasteiger partial charge in [0.05, 0.1) is 0 Å².